The van der Waals surface area contributed by atoms with E-state index in [9.17, 15) is 14.7 Å². The summed E-state index contributed by atoms with van der Waals surface area (Å²) in [4.78, 5) is 23.9. The molecule has 2 rings (SSSR count). The summed E-state index contributed by atoms with van der Waals surface area (Å²) in [5.41, 5.74) is 0.278. The van der Waals surface area contributed by atoms with E-state index in [0.29, 0.717) is 17.9 Å². The molecule has 0 bridgehead atoms. The summed E-state index contributed by atoms with van der Waals surface area (Å²) >= 11 is 12.0. The van der Waals surface area contributed by atoms with Crippen LogP contribution >= 0.6 is 23.2 Å². The van der Waals surface area contributed by atoms with E-state index in [1.165, 1.54) is 0 Å². The normalized spacial score (nSPS) is 22.5. The predicted molar refractivity (Wildman–Crippen MR) is 86.5 cm³/mol. The number of carbonyl (C=O) groups is 2. The monoisotopic (exact) mass is 343 g/mol. The number of nitrogens with one attached hydrogen (secondary N) is 1. The highest BCUT2D eigenvalue weighted by atomic mass is 35.5. The Kier molecular flexibility index (Phi) is 6.09. The third-order valence-electron chi connectivity index (χ3n) is 4.10. The van der Waals surface area contributed by atoms with Gasteiger partial charge in [-0.1, -0.05) is 55.0 Å². The zero-order valence-corrected chi connectivity index (χ0v) is 13.7. The van der Waals surface area contributed by atoms with Crippen LogP contribution in [0.3, 0.4) is 0 Å². The highest BCUT2D eigenvalue weighted by Crippen LogP contribution is 2.27. The lowest BCUT2D eigenvalue weighted by molar-refractivity contribution is -0.143. The largest absolute Gasteiger partial charge is 0.481 e. The number of carboxylic acids is 1. The molecule has 0 saturated heterocycles. The van der Waals surface area contributed by atoms with Crippen LogP contribution in [0.2, 0.25) is 10.0 Å². The van der Waals surface area contributed by atoms with Crippen LogP contribution in [0, 0.1) is 5.92 Å². The van der Waals surface area contributed by atoms with Crippen molar-refractivity contribution in [3.05, 3.63) is 33.8 Å². The molecule has 4 nitrogen and oxygen atoms in total. The Morgan fingerprint density at radius 3 is 2.45 bits per heavy atom. The SMILES string of the molecule is O=C(NC1CCCCCCC1C(=O)O)c1cccc(Cl)c1Cl. The van der Waals surface area contributed by atoms with Gasteiger partial charge in [0.25, 0.3) is 5.91 Å². The van der Waals surface area contributed by atoms with Gasteiger partial charge in [0.15, 0.2) is 0 Å². The third kappa shape index (κ3) is 4.14. The maximum Gasteiger partial charge on any atom is 0.308 e. The van der Waals surface area contributed by atoms with E-state index in [1.54, 1.807) is 18.2 Å². The molecule has 2 atom stereocenters. The van der Waals surface area contributed by atoms with Crippen molar-refractivity contribution in [2.75, 3.05) is 0 Å². The molecule has 6 heteroatoms. The van der Waals surface area contributed by atoms with Crippen molar-refractivity contribution in [3.63, 3.8) is 0 Å². The molecule has 1 fully saturated rings. The highest BCUT2D eigenvalue weighted by molar-refractivity contribution is 6.43. The number of hydrogen-bond donors (Lipinski definition) is 2. The number of hydrogen-bond acceptors (Lipinski definition) is 2. The van der Waals surface area contributed by atoms with Crippen LogP contribution in [-0.2, 0) is 4.79 Å². The summed E-state index contributed by atoms with van der Waals surface area (Å²) in [5, 5.41) is 12.7. The standard InChI is InChI=1S/C16H19Cl2NO3/c17-12-8-5-7-11(14(12)18)15(20)19-13-9-4-2-1-3-6-10(13)16(21)22/h5,7-8,10,13H,1-4,6,9H2,(H,19,20)(H,21,22). The fraction of sp³-hybridized carbons (Fsp3) is 0.500. The summed E-state index contributed by atoms with van der Waals surface area (Å²) in [6, 6.07) is 4.47. The van der Waals surface area contributed by atoms with Gasteiger partial charge < -0.3 is 10.4 Å². The van der Waals surface area contributed by atoms with Gasteiger partial charge >= 0.3 is 5.97 Å². The van der Waals surface area contributed by atoms with E-state index in [2.05, 4.69) is 5.32 Å². The first-order valence-electron chi connectivity index (χ1n) is 7.48. The van der Waals surface area contributed by atoms with Crippen LogP contribution in [-0.4, -0.2) is 23.0 Å². The van der Waals surface area contributed by atoms with Gasteiger partial charge in [-0.25, -0.2) is 0 Å². The summed E-state index contributed by atoms with van der Waals surface area (Å²) in [5.74, 6) is -1.78. The smallest absolute Gasteiger partial charge is 0.308 e. The van der Waals surface area contributed by atoms with Crippen LogP contribution in [0.25, 0.3) is 0 Å². The molecule has 1 saturated carbocycles. The maximum absolute atomic E-state index is 12.4. The minimum atomic E-state index is -0.857. The van der Waals surface area contributed by atoms with Gasteiger partial charge in [-0.2, -0.15) is 0 Å². The average Bonchev–Trinajstić information content (AvgIpc) is 2.44. The molecule has 1 aromatic rings. The Morgan fingerprint density at radius 1 is 1.09 bits per heavy atom. The van der Waals surface area contributed by atoms with Gasteiger partial charge in [0.1, 0.15) is 0 Å². The van der Waals surface area contributed by atoms with E-state index in [-0.39, 0.29) is 22.5 Å². The minimum absolute atomic E-state index is 0.194. The van der Waals surface area contributed by atoms with Crippen LogP contribution in [0.4, 0.5) is 0 Å². The second kappa shape index (κ2) is 7.84. The summed E-state index contributed by atoms with van der Waals surface area (Å²) in [7, 11) is 0. The average molecular weight is 344 g/mol. The Balaban J connectivity index is 2.16. The van der Waals surface area contributed by atoms with Crippen molar-refractivity contribution in [2.45, 2.75) is 44.6 Å². The maximum atomic E-state index is 12.4. The number of aliphatic carboxylic acids is 1. The number of carboxylic acid groups (broad SMARTS) is 1. The molecule has 120 valence electrons. The number of amides is 1. The van der Waals surface area contributed by atoms with Crippen LogP contribution < -0.4 is 5.32 Å². The third-order valence-corrected chi connectivity index (χ3v) is 4.91. The second-order valence-electron chi connectivity index (χ2n) is 5.62. The van der Waals surface area contributed by atoms with E-state index < -0.39 is 11.9 Å². The first kappa shape index (κ1) is 17.1. The Bertz CT molecular complexity index is 562. The van der Waals surface area contributed by atoms with Gasteiger partial charge in [0.05, 0.1) is 21.5 Å². The van der Waals surface area contributed by atoms with Crippen LogP contribution in [0.5, 0.6) is 0 Å². The number of carbonyl (C=O) groups excluding carboxylic acids is 1. The van der Waals surface area contributed by atoms with Gasteiger partial charge in [0, 0.05) is 6.04 Å². The van der Waals surface area contributed by atoms with Crippen molar-refractivity contribution in [3.8, 4) is 0 Å². The zero-order chi connectivity index (χ0) is 16.1. The van der Waals surface area contributed by atoms with E-state index in [1.807, 2.05) is 0 Å². The van der Waals surface area contributed by atoms with Gasteiger partial charge in [-0.15, -0.1) is 0 Å². The van der Waals surface area contributed by atoms with Crippen molar-refractivity contribution in [2.24, 2.45) is 5.92 Å². The molecule has 2 N–H and O–H groups in total. The van der Waals surface area contributed by atoms with Crippen molar-refractivity contribution in [1.82, 2.24) is 5.32 Å². The highest BCUT2D eigenvalue weighted by Gasteiger charge is 2.30. The summed E-state index contributed by atoms with van der Waals surface area (Å²) in [6.45, 7) is 0. The molecule has 1 aliphatic carbocycles. The van der Waals surface area contributed by atoms with E-state index in [0.717, 1.165) is 25.7 Å². The Morgan fingerprint density at radius 2 is 1.77 bits per heavy atom. The minimum Gasteiger partial charge on any atom is -0.481 e. The lowest BCUT2D eigenvalue weighted by Gasteiger charge is -2.27. The molecule has 0 radical (unpaired) electrons. The summed E-state index contributed by atoms with van der Waals surface area (Å²) in [6.07, 6.45) is 5.16. The van der Waals surface area contributed by atoms with Gasteiger partial charge in [-0.05, 0) is 25.0 Å². The Hall–Kier alpha value is -1.26. The van der Waals surface area contributed by atoms with Gasteiger partial charge in [0.2, 0.25) is 0 Å². The van der Waals surface area contributed by atoms with E-state index >= 15 is 0 Å². The first-order chi connectivity index (χ1) is 10.5. The fourth-order valence-electron chi connectivity index (χ4n) is 2.88. The predicted octanol–water partition coefficient (Wildman–Crippen LogP) is 4.15. The molecule has 0 aromatic heterocycles. The van der Waals surface area contributed by atoms with E-state index in [4.69, 9.17) is 23.2 Å². The molecule has 0 aliphatic heterocycles. The molecule has 1 aromatic carbocycles. The number of rotatable bonds is 3. The molecule has 0 heterocycles. The van der Waals surface area contributed by atoms with Crippen molar-refractivity contribution < 1.29 is 14.7 Å². The molecular formula is C16H19Cl2NO3. The van der Waals surface area contributed by atoms with Crippen molar-refractivity contribution >= 4 is 35.1 Å². The number of benzene rings is 1. The molecule has 1 amide bonds. The quantitative estimate of drug-likeness (QED) is 0.866. The fourth-order valence-corrected chi connectivity index (χ4v) is 3.26. The summed E-state index contributed by atoms with van der Waals surface area (Å²) < 4.78 is 0. The molecule has 2 unspecified atom stereocenters. The molecule has 22 heavy (non-hydrogen) atoms. The van der Waals surface area contributed by atoms with Crippen molar-refractivity contribution in [1.29, 1.82) is 0 Å². The Labute approximate surface area is 139 Å². The second-order valence-corrected chi connectivity index (χ2v) is 6.40. The lowest BCUT2D eigenvalue weighted by Crippen LogP contribution is -2.44. The lowest BCUT2D eigenvalue weighted by atomic mass is 9.86. The van der Waals surface area contributed by atoms with Crippen LogP contribution in [0.1, 0.15) is 48.9 Å². The topological polar surface area (TPSA) is 66.4 Å². The van der Waals surface area contributed by atoms with Crippen LogP contribution in [0.15, 0.2) is 18.2 Å². The molecular weight excluding hydrogens is 325 g/mol. The molecule has 1 aliphatic rings. The first-order valence-corrected chi connectivity index (χ1v) is 8.24. The van der Waals surface area contributed by atoms with Gasteiger partial charge in [-0.3, -0.25) is 9.59 Å². The zero-order valence-electron chi connectivity index (χ0n) is 12.1. The molecule has 0 spiro atoms. The number of halogens is 2.